The molecule has 0 aromatic heterocycles. The fourth-order valence-corrected chi connectivity index (χ4v) is 7.32. The van der Waals surface area contributed by atoms with Gasteiger partial charge in [-0.05, 0) is 75.6 Å². The quantitative estimate of drug-likeness (QED) is 0.103. The maximum Gasteiger partial charge on any atom is 0.217 e. The van der Waals surface area contributed by atoms with Gasteiger partial charge in [0.25, 0.3) is 0 Å². The highest BCUT2D eigenvalue weighted by molar-refractivity contribution is 15.0. The Morgan fingerprint density at radius 1 is 0.527 bits per heavy atom. The fraction of sp³-hybridized carbons (Fsp3) is 0.432. The highest BCUT2D eigenvalue weighted by Crippen LogP contribution is 2.34. The van der Waals surface area contributed by atoms with Crippen molar-refractivity contribution in [2.24, 2.45) is 17.2 Å². The molecule has 298 valence electrons. The second-order valence-corrected chi connectivity index (χ2v) is 15.2. The summed E-state index contributed by atoms with van der Waals surface area (Å²) >= 11 is 4.24. The van der Waals surface area contributed by atoms with E-state index in [-0.39, 0.29) is 54.5 Å². The number of halogens is 2. The summed E-state index contributed by atoms with van der Waals surface area (Å²) in [6.45, 7) is 9.15. The summed E-state index contributed by atoms with van der Waals surface area (Å²) in [6, 6.07) is 39.8. The summed E-state index contributed by atoms with van der Waals surface area (Å²) < 4.78 is 24.7. The van der Waals surface area contributed by atoms with Gasteiger partial charge in [-0.15, -0.1) is 0 Å². The van der Waals surface area contributed by atoms with Gasteiger partial charge in [0.1, 0.15) is 24.4 Å². The van der Waals surface area contributed by atoms with E-state index in [1.165, 1.54) is 18.1 Å². The van der Waals surface area contributed by atoms with Crippen molar-refractivity contribution in [3.05, 3.63) is 144 Å². The van der Waals surface area contributed by atoms with Crippen LogP contribution in [0.15, 0.2) is 121 Å². The van der Waals surface area contributed by atoms with E-state index in [0.29, 0.717) is 12.8 Å². The molecule has 0 bridgehead atoms. The lowest BCUT2D eigenvalue weighted by molar-refractivity contribution is -0.150. The number of hydrogen-bond donors (Lipinski definition) is 4. The Labute approximate surface area is 351 Å². The third-order valence-electron chi connectivity index (χ3n) is 9.62. The van der Waals surface area contributed by atoms with Gasteiger partial charge in [-0.1, -0.05) is 121 Å². The Morgan fingerprint density at radius 2 is 0.782 bits per heavy atom. The van der Waals surface area contributed by atoms with Gasteiger partial charge in [0.2, 0.25) is 5.91 Å². The van der Waals surface area contributed by atoms with Gasteiger partial charge >= 0.3 is 0 Å². The number of carbonyl (C=O) groups excluding carboxylic acids is 1. The van der Waals surface area contributed by atoms with Gasteiger partial charge in [-0.2, -0.15) is 0 Å². The molecule has 8 atom stereocenters. The van der Waals surface area contributed by atoms with E-state index in [9.17, 15) is 4.79 Å². The summed E-state index contributed by atoms with van der Waals surface area (Å²) in [5, 5.41) is 3.06. The molecular weight excluding hydrogens is 918 g/mol. The van der Waals surface area contributed by atoms with Crippen LogP contribution in [0.25, 0.3) is 0 Å². The third-order valence-corrected chi connectivity index (χ3v) is 9.62. The van der Waals surface area contributed by atoms with Crippen LogP contribution in [-0.2, 0) is 49.4 Å². The maximum absolute atomic E-state index is 11.9. The third kappa shape index (κ3) is 14.5. The van der Waals surface area contributed by atoms with Crippen LogP contribution in [0, 0.1) is 0 Å². The van der Waals surface area contributed by atoms with Crippen molar-refractivity contribution in [1.82, 2.24) is 5.32 Å². The summed E-state index contributed by atoms with van der Waals surface area (Å²) in [5.74, 6) is -1.51. The second-order valence-electron chi connectivity index (χ2n) is 15.2. The predicted octanol–water partition coefficient (Wildman–Crippen LogP) is 7.24. The number of nitrogens with one attached hydrogen (secondary N) is 1. The molecule has 6 rings (SSSR count). The van der Waals surface area contributed by atoms with Crippen LogP contribution in [0.2, 0.25) is 0 Å². The maximum atomic E-state index is 11.9. The second kappa shape index (κ2) is 21.9. The summed E-state index contributed by atoms with van der Waals surface area (Å²) in [7, 11) is 0. The van der Waals surface area contributed by atoms with Crippen LogP contribution < -0.4 is 22.5 Å². The number of benzene rings is 4. The molecule has 1 amide bonds. The van der Waals surface area contributed by atoms with Crippen molar-refractivity contribution in [3.63, 3.8) is 0 Å². The molecule has 2 saturated heterocycles. The summed E-state index contributed by atoms with van der Waals surface area (Å²) in [6.07, 6.45) is 1.69. The first-order chi connectivity index (χ1) is 26.3. The molecule has 0 spiro atoms. The molecule has 0 radical (unpaired) electrons. The van der Waals surface area contributed by atoms with Crippen molar-refractivity contribution in [3.8, 4) is 0 Å². The lowest BCUT2D eigenvalue weighted by Crippen LogP contribution is -2.53. The van der Waals surface area contributed by atoms with Gasteiger partial charge < -0.3 is 41.5 Å². The van der Waals surface area contributed by atoms with Crippen molar-refractivity contribution in [1.29, 1.82) is 0 Å². The van der Waals surface area contributed by atoms with E-state index in [0.717, 1.165) is 24.0 Å². The van der Waals surface area contributed by atoms with Gasteiger partial charge in [-0.3, -0.25) is 4.79 Å². The molecule has 0 unspecified atom stereocenters. The largest absolute Gasteiger partial charge is 0.351 e. The highest BCUT2D eigenvalue weighted by Gasteiger charge is 2.48. The molecule has 4 aromatic rings. The molecule has 2 fully saturated rings. The molecule has 7 N–H and O–H groups in total. The Kier molecular flexibility index (Phi) is 18.0. The molecule has 2 aliphatic rings. The van der Waals surface area contributed by atoms with Crippen molar-refractivity contribution in [2.45, 2.75) is 120 Å². The van der Waals surface area contributed by atoms with Crippen molar-refractivity contribution >= 4 is 43.1 Å². The molecule has 11 heteroatoms. The SMILES string of the molecule is CC(=O)N[C@H](Cc1ccccc1)[C@@H]1OC(C)(C)O[C@H]1[C@H](N)Cc1ccccc1.CC1(C)O[C@@H]([C@H](N)Cc2ccccc2)[C@H]([C@H](N)Cc2ccccc2)O1.II. The molecule has 9 nitrogen and oxygen atoms in total. The molecular formula is C44H58I2N4O5. The van der Waals surface area contributed by atoms with Crippen molar-refractivity contribution in [2.75, 3.05) is 0 Å². The first kappa shape index (κ1) is 45.2. The molecule has 4 aromatic carbocycles. The number of ether oxygens (including phenoxy) is 4. The standard InChI is InChI=1S/C23H30N2O3.C21H28N2O2.I2/c1-16(26)25-20(15-18-12-8-5-9-13-18)22-21(27-23(2,3)28-22)19(24)14-17-10-6-4-7-11-17;1-21(2)24-19(17(22)13-15-9-5-3-6-10-15)20(25-21)18(23)14-16-11-7-4-8-12-16;1-2/h4-13,19-22H,14-15,24H2,1-3H3,(H,25,26);3-12,17-20H,13-14,22-23H2,1-2H3;/t19-,20-,21+,22+;17-,18-,19+,20+;/m11./s1. The number of rotatable bonds is 13. The monoisotopic (exact) mass is 976 g/mol. The molecule has 2 heterocycles. The molecule has 0 aliphatic carbocycles. The molecule has 0 saturated carbocycles. The highest BCUT2D eigenvalue weighted by atomic mass is 128. The number of amides is 1. The van der Waals surface area contributed by atoms with Crippen LogP contribution in [0.4, 0.5) is 0 Å². The number of carbonyl (C=O) groups is 1. The minimum absolute atomic E-state index is 0.0929. The predicted molar refractivity (Wildman–Crippen MR) is 238 cm³/mol. The van der Waals surface area contributed by atoms with Crippen molar-refractivity contribution < 1.29 is 23.7 Å². The van der Waals surface area contributed by atoms with Crippen LogP contribution in [0.3, 0.4) is 0 Å². The zero-order valence-corrected chi connectivity index (χ0v) is 36.8. The minimum Gasteiger partial charge on any atom is -0.351 e. The first-order valence-corrected chi connectivity index (χ1v) is 25.1. The van der Waals surface area contributed by atoms with E-state index in [1.54, 1.807) is 0 Å². The van der Waals surface area contributed by atoms with E-state index in [4.69, 9.17) is 36.1 Å². The Morgan fingerprint density at radius 3 is 1.07 bits per heavy atom. The average Bonchev–Trinajstić information content (AvgIpc) is 3.69. The van der Waals surface area contributed by atoms with Gasteiger partial charge in [0, 0.05) is 62.3 Å². The van der Waals surface area contributed by atoms with Gasteiger partial charge in [0.05, 0.1) is 6.04 Å². The summed E-state index contributed by atoms with van der Waals surface area (Å²) in [4.78, 5) is 11.9. The molecule has 55 heavy (non-hydrogen) atoms. The van der Waals surface area contributed by atoms with E-state index in [1.807, 2.05) is 100 Å². The topological polar surface area (TPSA) is 144 Å². The Balaban J connectivity index is 0.000000235. The minimum atomic E-state index is -0.753. The summed E-state index contributed by atoms with van der Waals surface area (Å²) in [5.41, 5.74) is 24.2. The zero-order valence-electron chi connectivity index (χ0n) is 32.5. The number of hydrogen-bond acceptors (Lipinski definition) is 8. The van der Waals surface area contributed by atoms with E-state index >= 15 is 0 Å². The Hall–Kier alpha value is -2.47. The lowest BCUT2D eigenvalue weighted by Gasteiger charge is -2.30. The normalized spacial score (nSPS) is 23.2. The van der Waals surface area contributed by atoms with Crippen LogP contribution >= 0.6 is 37.2 Å². The molecule has 2 aliphatic heterocycles. The average molecular weight is 977 g/mol. The smallest absolute Gasteiger partial charge is 0.217 e. The van der Waals surface area contributed by atoms with Gasteiger partial charge in [-0.25, -0.2) is 0 Å². The van der Waals surface area contributed by atoms with Crippen LogP contribution in [-0.4, -0.2) is 66.1 Å². The van der Waals surface area contributed by atoms with Crippen LogP contribution in [0.5, 0.6) is 0 Å². The van der Waals surface area contributed by atoms with E-state index < -0.39 is 11.6 Å². The van der Waals surface area contributed by atoms with Gasteiger partial charge in [0.15, 0.2) is 11.6 Å². The number of nitrogens with two attached hydrogens (primary N) is 3. The zero-order chi connectivity index (χ0) is 40.0. The fourth-order valence-electron chi connectivity index (χ4n) is 7.32. The lowest BCUT2D eigenvalue weighted by atomic mass is 9.91. The Bertz CT molecular complexity index is 1630. The van der Waals surface area contributed by atoms with Crippen LogP contribution in [0.1, 0.15) is 56.9 Å². The first-order valence-electron chi connectivity index (χ1n) is 18.8. The van der Waals surface area contributed by atoms with E-state index in [2.05, 4.69) is 91.1 Å².